The molecule has 1 aliphatic carbocycles. The SMILES string of the molecule is CN(CC1(N)CC1)c1cccnc1. The molecule has 3 heteroatoms. The number of likely N-dealkylation sites (N-methyl/N-ethyl adjacent to an activating group) is 1. The normalized spacial score (nSPS) is 18.3. The van der Waals surface area contributed by atoms with Gasteiger partial charge in [-0.25, -0.2) is 0 Å². The van der Waals surface area contributed by atoms with Gasteiger partial charge in [0.2, 0.25) is 0 Å². The van der Waals surface area contributed by atoms with Crippen molar-refractivity contribution >= 4 is 5.69 Å². The summed E-state index contributed by atoms with van der Waals surface area (Å²) in [6, 6.07) is 4.00. The fourth-order valence-corrected chi connectivity index (χ4v) is 1.46. The van der Waals surface area contributed by atoms with E-state index in [1.54, 1.807) is 6.20 Å². The Kier molecular flexibility index (Phi) is 1.96. The lowest BCUT2D eigenvalue weighted by molar-refractivity contribution is 0.660. The Labute approximate surface area is 78.6 Å². The first-order chi connectivity index (χ1) is 6.20. The van der Waals surface area contributed by atoms with Crippen LogP contribution in [0.2, 0.25) is 0 Å². The summed E-state index contributed by atoms with van der Waals surface area (Å²) in [6.07, 6.45) is 5.95. The van der Waals surface area contributed by atoms with Gasteiger partial charge < -0.3 is 10.6 Å². The topological polar surface area (TPSA) is 42.1 Å². The van der Waals surface area contributed by atoms with Gasteiger partial charge in [-0.05, 0) is 25.0 Å². The molecule has 0 aliphatic heterocycles. The van der Waals surface area contributed by atoms with Crippen molar-refractivity contribution < 1.29 is 0 Å². The summed E-state index contributed by atoms with van der Waals surface area (Å²) in [5.41, 5.74) is 7.23. The molecule has 1 aliphatic rings. The minimum absolute atomic E-state index is 0.0740. The Balaban J connectivity index is 2.01. The minimum atomic E-state index is 0.0740. The van der Waals surface area contributed by atoms with Crippen molar-refractivity contribution in [1.29, 1.82) is 0 Å². The molecule has 0 unspecified atom stereocenters. The molecular formula is C10H15N3. The molecule has 2 rings (SSSR count). The highest BCUT2D eigenvalue weighted by molar-refractivity contribution is 5.43. The second-order valence-corrected chi connectivity index (χ2v) is 3.93. The highest BCUT2D eigenvalue weighted by Gasteiger charge is 2.39. The van der Waals surface area contributed by atoms with Gasteiger partial charge in [0, 0.05) is 25.3 Å². The van der Waals surface area contributed by atoms with Gasteiger partial charge in [0.15, 0.2) is 0 Å². The molecule has 0 bridgehead atoms. The zero-order valence-electron chi connectivity index (χ0n) is 7.90. The van der Waals surface area contributed by atoms with E-state index in [1.165, 1.54) is 0 Å². The molecule has 1 saturated carbocycles. The molecule has 0 spiro atoms. The van der Waals surface area contributed by atoms with Crippen molar-refractivity contribution in [1.82, 2.24) is 4.98 Å². The third-order valence-corrected chi connectivity index (χ3v) is 2.53. The Morgan fingerprint density at radius 1 is 1.62 bits per heavy atom. The number of aromatic nitrogens is 1. The van der Waals surface area contributed by atoms with Crippen LogP contribution in [0.3, 0.4) is 0 Å². The molecule has 0 amide bonds. The van der Waals surface area contributed by atoms with E-state index in [0.29, 0.717) is 0 Å². The summed E-state index contributed by atoms with van der Waals surface area (Å²) < 4.78 is 0. The number of rotatable bonds is 3. The van der Waals surface area contributed by atoms with E-state index in [-0.39, 0.29) is 5.54 Å². The van der Waals surface area contributed by atoms with Crippen LogP contribution in [0.25, 0.3) is 0 Å². The minimum Gasteiger partial charge on any atom is -0.372 e. The van der Waals surface area contributed by atoms with E-state index < -0.39 is 0 Å². The summed E-state index contributed by atoms with van der Waals surface area (Å²) >= 11 is 0. The fourth-order valence-electron chi connectivity index (χ4n) is 1.46. The summed E-state index contributed by atoms with van der Waals surface area (Å²) in [5.74, 6) is 0. The van der Waals surface area contributed by atoms with E-state index in [0.717, 1.165) is 25.1 Å². The third-order valence-electron chi connectivity index (χ3n) is 2.53. The van der Waals surface area contributed by atoms with Crippen LogP contribution in [-0.2, 0) is 0 Å². The maximum absolute atomic E-state index is 6.02. The predicted octanol–water partition coefficient (Wildman–Crippen LogP) is 1.01. The van der Waals surface area contributed by atoms with E-state index in [1.807, 2.05) is 12.3 Å². The van der Waals surface area contributed by atoms with Gasteiger partial charge in [-0.15, -0.1) is 0 Å². The average molecular weight is 177 g/mol. The molecule has 0 radical (unpaired) electrons. The van der Waals surface area contributed by atoms with Gasteiger partial charge in [0.05, 0.1) is 11.9 Å². The largest absolute Gasteiger partial charge is 0.372 e. The van der Waals surface area contributed by atoms with Crippen LogP contribution in [0.15, 0.2) is 24.5 Å². The monoisotopic (exact) mass is 177 g/mol. The van der Waals surface area contributed by atoms with Crippen LogP contribution < -0.4 is 10.6 Å². The van der Waals surface area contributed by atoms with Gasteiger partial charge in [-0.2, -0.15) is 0 Å². The van der Waals surface area contributed by atoms with Crippen molar-refractivity contribution in [3.05, 3.63) is 24.5 Å². The smallest absolute Gasteiger partial charge is 0.0550 e. The highest BCUT2D eigenvalue weighted by Crippen LogP contribution is 2.33. The summed E-state index contributed by atoms with van der Waals surface area (Å²) in [7, 11) is 2.06. The average Bonchev–Trinajstić information content (AvgIpc) is 2.85. The van der Waals surface area contributed by atoms with Crippen LogP contribution in [0, 0.1) is 0 Å². The molecule has 0 atom stereocenters. The molecule has 2 N–H and O–H groups in total. The first-order valence-corrected chi connectivity index (χ1v) is 4.60. The number of hydrogen-bond donors (Lipinski definition) is 1. The first kappa shape index (κ1) is 8.51. The zero-order chi connectivity index (χ0) is 9.31. The van der Waals surface area contributed by atoms with Gasteiger partial charge in [0.25, 0.3) is 0 Å². The molecule has 70 valence electrons. The number of hydrogen-bond acceptors (Lipinski definition) is 3. The lowest BCUT2D eigenvalue weighted by Crippen LogP contribution is -2.37. The van der Waals surface area contributed by atoms with Crippen LogP contribution in [-0.4, -0.2) is 24.1 Å². The van der Waals surface area contributed by atoms with Crippen LogP contribution in [0.5, 0.6) is 0 Å². The zero-order valence-corrected chi connectivity index (χ0v) is 7.90. The summed E-state index contributed by atoms with van der Waals surface area (Å²) in [5, 5.41) is 0. The van der Waals surface area contributed by atoms with Gasteiger partial charge >= 0.3 is 0 Å². The van der Waals surface area contributed by atoms with E-state index in [9.17, 15) is 0 Å². The molecule has 1 aromatic rings. The quantitative estimate of drug-likeness (QED) is 0.749. The van der Waals surface area contributed by atoms with Crippen LogP contribution >= 0.6 is 0 Å². The van der Waals surface area contributed by atoms with E-state index in [4.69, 9.17) is 5.73 Å². The Bertz CT molecular complexity index is 279. The van der Waals surface area contributed by atoms with Crippen molar-refractivity contribution in [2.24, 2.45) is 5.73 Å². The highest BCUT2D eigenvalue weighted by atomic mass is 15.1. The Hall–Kier alpha value is -1.09. The molecule has 1 aromatic heterocycles. The lowest BCUT2D eigenvalue weighted by Gasteiger charge is -2.22. The van der Waals surface area contributed by atoms with Crippen molar-refractivity contribution in [2.75, 3.05) is 18.5 Å². The summed E-state index contributed by atoms with van der Waals surface area (Å²) in [4.78, 5) is 6.24. The molecule has 1 fully saturated rings. The maximum atomic E-state index is 6.02. The van der Waals surface area contributed by atoms with Gasteiger partial charge in [0.1, 0.15) is 0 Å². The third kappa shape index (κ3) is 1.98. The molecular weight excluding hydrogens is 162 g/mol. The van der Waals surface area contributed by atoms with Crippen molar-refractivity contribution in [2.45, 2.75) is 18.4 Å². The molecule has 0 saturated heterocycles. The van der Waals surface area contributed by atoms with Crippen LogP contribution in [0.4, 0.5) is 5.69 Å². The van der Waals surface area contributed by atoms with Crippen molar-refractivity contribution in [3.63, 3.8) is 0 Å². The second-order valence-electron chi connectivity index (χ2n) is 3.93. The number of anilines is 1. The second kappa shape index (κ2) is 3.00. The van der Waals surface area contributed by atoms with Crippen LogP contribution in [0.1, 0.15) is 12.8 Å². The van der Waals surface area contributed by atoms with Gasteiger partial charge in [-0.3, -0.25) is 4.98 Å². The number of nitrogens with two attached hydrogens (primary N) is 1. The Morgan fingerprint density at radius 3 is 2.92 bits per heavy atom. The molecule has 1 heterocycles. The lowest BCUT2D eigenvalue weighted by atomic mass is 10.2. The van der Waals surface area contributed by atoms with E-state index in [2.05, 4.69) is 23.0 Å². The van der Waals surface area contributed by atoms with Crippen molar-refractivity contribution in [3.8, 4) is 0 Å². The molecule has 3 nitrogen and oxygen atoms in total. The van der Waals surface area contributed by atoms with E-state index >= 15 is 0 Å². The fraction of sp³-hybridized carbons (Fsp3) is 0.500. The molecule has 0 aromatic carbocycles. The predicted molar refractivity (Wildman–Crippen MR) is 53.7 cm³/mol. The summed E-state index contributed by atoms with van der Waals surface area (Å²) in [6.45, 7) is 0.929. The Morgan fingerprint density at radius 2 is 2.38 bits per heavy atom. The number of nitrogens with zero attached hydrogens (tertiary/aromatic N) is 2. The maximum Gasteiger partial charge on any atom is 0.0550 e. The number of pyridine rings is 1. The first-order valence-electron chi connectivity index (χ1n) is 4.60. The standard InChI is InChI=1S/C10H15N3/c1-13(8-10(11)4-5-10)9-3-2-6-12-7-9/h2-3,6-7H,4-5,8,11H2,1H3. The molecule has 13 heavy (non-hydrogen) atoms. The van der Waals surface area contributed by atoms with Gasteiger partial charge in [-0.1, -0.05) is 0 Å².